The van der Waals surface area contributed by atoms with Crippen LogP contribution in [0.5, 0.6) is 0 Å². The molecular formula is C29H32N6O5. The Kier molecular flexibility index (Phi) is 7.83. The van der Waals surface area contributed by atoms with Crippen LogP contribution in [0.2, 0.25) is 0 Å². The van der Waals surface area contributed by atoms with Gasteiger partial charge in [0.15, 0.2) is 0 Å². The molecule has 0 saturated carbocycles. The van der Waals surface area contributed by atoms with E-state index in [4.69, 9.17) is 5.73 Å². The Morgan fingerprint density at radius 1 is 0.900 bits per heavy atom. The molecule has 3 unspecified atom stereocenters. The summed E-state index contributed by atoms with van der Waals surface area (Å²) in [5.74, 6) is -2.59. The Hall–Kier alpha value is -4.64. The maximum absolute atomic E-state index is 13.8. The number of rotatable bonds is 10. The number of nitrogens with two attached hydrogens (primary N) is 1. The number of nitrogens with one attached hydrogen (secondary N) is 4. The standard InChI is InChI=1S/C29H32N6O5/c30-14-26(36)33-23(12-17-15-31-21-8-3-1-6-19(17)21)28(38)35-11-5-10-25(35)27(37)34-24(29(39)40)13-18-16-32-22-9-4-2-7-20(18)22/h1-4,6-9,15-16,23-25,31-32H,5,10-14,30H2,(H,33,36)(H,34,37)(H,39,40). The molecule has 4 aromatic rings. The Bertz CT molecular complexity index is 1560. The second-order valence-electron chi connectivity index (χ2n) is 10.0. The summed E-state index contributed by atoms with van der Waals surface area (Å²) in [4.78, 5) is 59.2. The largest absolute Gasteiger partial charge is 0.480 e. The van der Waals surface area contributed by atoms with Crippen molar-refractivity contribution >= 4 is 45.5 Å². The maximum Gasteiger partial charge on any atom is 0.326 e. The van der Waals surface area contributed by atoms with E-state index in [1.807, 2.05) is 48.5 Å². The monoisotopic (exact) mass is 544 g/mol. The molecule has 2 aromatic carbocycles. The predicted molar refractivity (Wildman–Crippen MR) is 149 cm³/mol. The fourth-order valence-electron chi connectivity index (χ4n) is 5.47. The third kappa shape index (κ3) is 5.55. The van der Waals surface area contributed by atoms with Gasteiger partial charge in [-0.15, -0.1) is 0 Å². The number of H-pyrrole nitrogens is 2. The number of amides is 3. The summed E-state index contributed by atoms with van der Waals surface area (Å²) in [6, 6.07) is 12.2. The molecule has 0 bridgehead atoms. The van der Waals surface area contributed by atoms with Gasteiger partial charge in [0.2, 0.25) is 17.7 Å². The van der Waals surface area contributed by atoms with Crippen LogP contribution in [0.1, 0.15) is 24.0 Å². The van der Waals surface area contributed by atoms with E-state index >= 15 is 0 Å². The van der Waals surface area contributed by atoms with Crippen molar-refractivity contribution in [2.45, 2.75) is 43.8 Å². The van der Waals surface area contributed by atoms with Gasteiger partial charge in [-0.1, -0.05) is 36.4 Å². The molecule has 3 atom stereocenters. The van der Waals surface area contributed by atoms with Gasteiger partial charge in [0.1, 0.15) is 18.1 Å². The molecule has 0 aliphatic carbocycles. The van der Waals surface area contributed by atoms with Crippen LogP contribution < -0.4 is 16.4 Å². The van der Waals surface area contributed by atoms with Crippen molar-refractivity contribution in [1.29, 1.82) is 0 Å². The molecule has 2 aromatic heterocycles. The van der Waals surface area contributed by atoms with Gasteiger partial charge >= 0.3 is 5.97 Å². The van der Waals surface area contributed by atoms with Crippen molar-refractivity contribution in [3.8, 4) is 0 Å². The molecule has 11 nitrogen and oxygen atoms in total. The molecule has 208 valence electrons. The zero-order valence-electron chi connectivity index (χ0n) is 21.9. The Labute approximate surface area is 230 Å². The smallest absolute Gasteiger partial charge is 0.326 e. The highest BCUT2D eigenvalue weighted by Gasteiger charge is 2.39. The first-order chi connectivity index (χ1) is 19.4. The van der Waals surface area contributed by atoms with Gasteiger partial charge in [0, 0.05) is 53.6 Å². The van der Waals surface area contributed by atoms with Crippen molar-refractivity contribution < 1.29 is 24.3 Å². The number of hydrogen-bond donors (Lipinski definition) is 6. The molecule has 0 radical (unpaired) electrons. The molecule has 0 spiro atoms. The fourth-order valence-corrected chi connectivity index (χ4v) is 5.47. The van der Waals surface area contributed by atoms with Gasteiger partial charge in [0.05, 0.1) is 6.54 Å². The van der Waals surface area contributed by atoms with E-state index in [1.54, 1.807) is 12.4 Å². The average molecular weight is 545 g/mol. The second-order valence-corrected chi connectivity index (χ2v) is 10.0. The third-order valence-electron chi connectivity index (χ3n) is 7.47. The number of nitrogens with zero attached hydrogens (tertiary/aromatic N) is 1. The Morgan fingerprint density at radius 3 is 2.05 bits per heavy atom. The van der Waals surface area contributed by atoms with Crippen molar-refractivity contribution in [2.75, 3.05) is 13.1 Å². The summed E-state index contributed by atoms with van der Waals surface area (Å²) in [5, 5.41) is 17.1. The SMILES string of the molecule is NCC(=O)NC(Cc1c[nH]c2ccccc12)C(=O)N1CCCC1C(=O)NC(Cc1c[nH]c2ccccc12)C(=O)O. The van der Waals surface area contributed by atoms with Crippen molar-refractivity contribution in [3.63, 3.8) is 0 Å². The first-order valence-corrected chi connectivity index (χ1v) is 13.3. The molecular weight excluding hydrogens is 512 g/mol. The number of carboxylic acids is 1. The predicted octanol–water partition coefficient (Wildman–Crippen LogP) is 1.44. The lowest BCUT2D eigenvalue weighted by molar-refractivity contribution is -0.144. The Morgan fingerprint density at radius 2 is 1.48 bits per heavy atom. The van der Waals surface area contributed by atoms with E-state index in [1.165, 1.54) is 4.90 Å². The number of likely N-dealkylation sites (tertiary alicyclic amines) is 1. The minimum atomic E-state index is -1.18. The van der Waals surface area contributed by atoms with Gasteiger partial charge in [-0.3, -0.25) is 14.4 Å². The van der Waals surface area contributed by atoms with E-state index in [0.29, 0.717) is 19.4 Å². The summed E-state index contributed by atoms with van der Waals surface area (Å²) in [7, 11) is 0. The zero-order chi connectivity index (χ0) is 28.2. The lowest BCUT2D eigenvalue weighted by Crippen LogP contribution is -2.56. The van der Waals surface area contributed by atoms with E-state index in [0.717, 1.165) is 32.9 Å². The van der Waals surface area contributed by atoms with E-state index in [2.05, 4.69) is 20.6 Å². The van der Waals surface area contributed by atoms with Gasteiger partial charge in [-0.05, 0) is 36.1 Å². The highest BCUT2D eigenvalue weighted by Crippen LogP contribution is 2.24. The van der Waals surface area contributed by atoms with Crippen LogP contribution in [-0.4, -0.2) is 74.9 Å². The van der Waals surface area contributed by atoms with Gasteiger partial charge in [-0.2, -0.15) is 0 Å². The van der Waals surface area contributed by atoms with Crippen LogP contribution in [0, 0.1) is 0 Å². The lowest BCUT2D eigenvalue weighted by atomic mass is 10.0. The van der Waals surface area contributed by atoms with Crippen LogP contribution in [-0.2, 0) is 32.0 Å². The van der Waals surface area contributed by atoms with Gasteiger partial charge < -0.3 is 36.3 Å². The van der Waals surface area contributed by atoms with Crippen molar-refractivity contribution in [3.05, 3.63) is 72.1 Å². The second kappa shape index (κ2) is 11.6. The Balaban J connectivity index is 1.32. The molecule has 1 aliphatic heterocycles. The summed E-state index contributed by atoms with van der Waals surface area (Å²) < 4.78 is 0. The molecule has 7 N–H and O–H groups in total. The van der Waals surface area contributed by atoms with Crippen molar-refractivity contribution in [1.82, 2.24) is 25.5 Å². The zero-order valence-corrected chi connectivity index (χ0v) is 21.9. The van der Waals surface area contributed by atoms with Crippen LogP contribution in [0.4, 0.5) is 0 Å². The summed E-state index contributed by atoms with van der Waals surface area (Å²) in [5.41, 5.74) is 8.92. The van der Waals surface area contributed by atoms with E-state index in [9.17, 15) is 24.3 Å². The van der Waals surface area contributed by atoms with E-state index < -0.39 is 41.8 Å². The molecule has 1 saturated heterocycles. The molecule has 11 heteroatoms. The molecule has 1 fully saturated rings. The summed E-state index contributed by atoms with van der Waals surface area (Å²) >= 11 is 0. The summed E-state index contributed by atoms with van der Waals surface area (Å²) in [6.45, 7) is 0.0374. The first-order valence-electron chi connectivity index (χ1n) is 13.3. The third-order valence-corrected chi connectivity index (χ3v) is 7.47. The van der Waals surface area contributed by atoms with E-state index in [-0.39, 0.29) is 19.4 Å². The molecule has 3 heterocycles. The highest BCUT2D eigenvalue weighted by molar-refractivity contribution is 5.95. The number of aromatic amines is 2. The van der Waals surface area contributed by atoms with Gasteiger partial charge in [0.25, 0.3) is 0 Å². The minimum absolute atomic E-state index is 0.0848. The van der Waals surface area contributed by atoms with Crippen LogP contribution in [0.3, 0.4) is 0 Å². The minimum Gasteiger partial charge on any atom is -0.480 e. The van der Waals surface area contributed by atoms with Gasteiger partial charge in [-0.25, -0.2) is 4.79 Å². The summed E-state index contributed by atoms with van der Waals surface area (Å²) in [6.07, 6.45) is 4.80. The number of carbonyl (C=O) groups excluding carboxylic acids is 3. The number of fused-ring (bicyclic) bond motifs is 2. The van der Waals surface area contributed by atoms with Crippen molar-refractivity contribution in [2.24, 2.45) is 5.73 Å². The van der Waals surface area contributed by atoms with Crippen LogP contribution in [0.25, 0.3) is 21.8 Å². The number of carbonyl (C=O) groups is 4. The first kappa shape index (κ1) is 26.9. The average Bonchev–Trinajstić information content (AvgIpc) is 3.71. The number of aromatic nitrogens is 2. The topological polar surface area (TPSA) is 173 Å². The lowest BCUT2D eigenvalue weighted by Gasteiger charge is -2.29. The number of benzene rings is 2. The van der Waals surface area contributed by atoms with Crippen LogP contribution >= 0.6 is 0 Å². The quantitative estimate of drug-likeness (QED) is 0.176. The molecule has 1 aliphatic rings. The normalized spacial score (nSPS) is 16.6. The maximum atomic E-state index is 13.8. The molecule has 3 amide bonds. The number of carboxylic acid groups (broad SMARTS) is 1. The van der Waals surface area contributed by atoms with Crippen LogP contribution in [0.15, 0.2) is 60.9 Å². The fraction of sp³-hybridized carbons (Fsp3) is 0.310. The highest BCUT2D eigenvalue weighted by atomic mass is 16.4. The number of para-hydroxylation sites is 2. The molecule has 5 rings (SSSR count). The molecule has 40 heavy (non-hydrogen) atoms. The number of aliphatic carboxylic acids is 1. The number of hydrogen-bond acceptors (Lipinski definition) is 5.